The van der Waals surface area contributed by atoms with Crippen molar-refractivity contribution in [2.75, 3.05) is 20.2 Å². The maximum atomic E-state index is 12.4. The van der Waals surface area contributed by atoms with E-state index in [4.69, 9.17) is 4.74 Å². The Morgan fingerprint density at radius 3 is 2.89 bits per heavy atom. The number of Topliss-reactive ketones (excluding diaryl/α,β-unsaturated/α-hetero) is 1. The summed E-state index contributed by atoms with van der Waals surface area (Å²) in [5.74, 6) is 0.492. The van der Waals surface area contributed by atoms with E-state index in [1.165, 1.54) is 7.11 Å². The molecule has 0 aromatic heterocycles. The van der Waals surface area contributed by atoms with Crippen molar-refractivity contribution in [3.05, 3.63) is 28.2 Å². The molecule has 0 bridgehead atoms. The van der Waals surface area contributed by atoms with Crippen molar-refractivity contribution in [2.24, 2.45) is 0 Å². The summed E-state index contributed by atoms with van der Waals surface area (Å²) in [7, 11) is 1.53. The molecule has 18 heavy (non-hydrogen) atoms. The molecule has 1 aromatic rings. The highest BCUT2D eigenvalue weighted by atomic mass is 79.9. The maximum Gasteiger partial charge on any atom is 0.258 e. The van der Waals surface area contributed by atoms with E-state index in [1.54, 1.807) is 17.0 Å². The summed E-state index contributed by atoms with van der Waals surface area (Å²) in [5, 5.41) is 0. The van der Waals surface area contributed by atoms with Crippen LogP contribution < -0.4 is 4.74 Å². The highest BCUT2D eigenvalue weighted by Crippen LogP contribution is 2.25. The van der Waals surface area contributed by atoms with E-state index in [2.05, 4.69) is 15.9 Å². The number of rotatable bonds is 2. The number of methoxy groups -OCH3 is 1. The predicted octanol–water partition coefficient (Wildman–Crippen LogP) is 2.26. The van der Waals surface area contributed by atoms with Gasteiger partial charge in [0, 0.05) is 17.4 Å². The zero-order valence-corrected chi connectivity index (χ0v) is 11.7. The Hall–Kier alpha value is -1.36. The average Bonchev–Trinajstić information content (AvgIpc) is 2.38. The summed E-state index contributed by atoms with van der Waals surface area (Å²) < 4.78 is 6.00. The second kappa shape index (κ2) is 5.52. The van der Waals surface area contributed by atoms with Crippen molar-refractivity contribution in [2.45, 2.75) is 12.8 Å². The smallest absolute Gasteiger partial charge is 0.258 e. The topological polar surface area (TPSA) is 46.6 Å². The third-order valence-corrected chi connectivity index (χ3v) is 3.42. The number of piperidine rings is 1. The van der Waals surface area contributed by atoms with E-state index >= 15 is 0 Å². The molecule has 0 N–H and O–H groups in total. The first-order chi connectivity index (χ1) is 8.61. The van der Waals surface area contributed by atoms with Gasteiger partial charge in [0.15, 0.2) is 5.78 Å². The molecule has 1 aromatic carbocycles. The summed E-state index contributed by atoms with van der Waals surface area (Å²) in [5.41, 5.74) is 0.488. The molecule has 0 radical (unpaired) electrons. The minimum atomic E-state index is -0.152. The highest BCUT2D eigenvalue weighted by Gasteiger charge is 2.24. The number of carbonyl (C=O) groups is 2. The zero-order chi connectivity index (χ0) is 13.1. The van der Waals surface area contributed by atoms with Crippen LogP contribution in [-0.2, 0) is 4.79 Å². The molecule has 1 saturated heterocycles. The summed E-state index contributed by atoms with van der Waals surface area (Å²) >= 11 is 3.34. The first kappa shape index (κ1) is 13.1. The van der Waals surface area contributed by atoms with Crippen LogP contribution in [0.25, 0.3) is 0 Å². The van der Waals surface area contributed by atoms with Gasteiger partial charge in [-0.25, -0.2) is 0 Å². The minimum absolute atomic E-state index is 0.114. The van der Waals surface area contributed by atoms with Crippen LogP contribution in [0.15, 0.2) is 22.7 Å². The predicted molar refractivity (Wildman–Crippen MR) is 70.8 cm³/mol. The number of hydrogen-bond donors (Lipinski definition) is 0. The Labute approximate surface area is 114 Å². The van der Waals surface area contributed by atoms with Crippen LogP contribution in [0.1, 0.15) is 23.2 Å². The Bertz CT molecular complexity index is 487. The summed E-state index contributed by atoms with van der Waals surface area (Å²) in [6, 6.07) is 5.28. The Kier molecular flexibility index (Phi) is 4.01. The highest BCUT2D eigenvalue weighted by molar-refractivity contribution is 9.10. The number of hydrogen-bond acceptors (Lipinski definition) is 3. The Morgan fingerprint density at radius 2 is 2.22 bits per heavy atom. The fourth-order valence-electron chi connectivity index (χ4n) is 2.03. The maximum absolute atomic E-state index is 12.4. The van der Waals surface area contributed by atoms with Crippen molar-refractivity contribution < 1.29 is 14.3 Å². The molecule has 96 valence electrons. The molecule has 5 heteroatoms. The molecular formula is C13H14BrNO3. The van der Waals surface area contributed by atoms with Gasteiger partial charge >= 0.3 is 0 Å². The van der Waals surface area contributed by atoms with E-state index in [-0.39, 0.29) is 18.2 Å². The number of ether oxygens (including phenoxy) is 1. The van der Waals surface area contributed by atoms with E-state index in [9.17, 15) is 9.59 Å². The number of likely N-dealkylation sites (tertiary alicyclic amines) is 1. The number of carbonyl (C=O) groups excluding carboxylic acids is 2. The molecule has 1 fully saturated rings. The third kappa shape index (κ3) is 2.72. The molecule has 1 amide bonds. The van der Waals surface area contributed by atoms with Gasteiger partial charge in [-0.2, -0.15) is 0 Å². The van der Waals surface area contributed by atoms with Gasteiger partial charge in [0.05, 0.1) is 19.2 Å². The molecule has 0 saturated carbocycles. The molecule has 0 aliphatic carbocycles. The van der Waals surface area contributed by atoms with Gasteiger partial charge in [0.25, 0.3) is 5.91 Å². The fraction of sp³-hybridized carbons (Fsp3) is 0.385. The summed E-state index contributed by atoms with van der Waals surface area (Å²) in [6.07, 6.45) is 1.31. The van der Waals surface area contributed by atoms with Crippen LogP contribution >= 0.6 is 15.9 Å². The molecule has 1 aliphatic heterocycles. The number of halogens is 1. The van der Waals surface area contributed by atoms with Gasteiger partial charge in [0.1, 0.15) is 5.75 Å². The average molecular weight is 312 g/mol. The van der Waals surface area contributed by atoms with Crippen molar-refractivity contribution >= 4 is 27.6 Å². The molecule has 1 heterocycles. The quantitative estimate of drug-likeness (QED) is 0.841. The van der Waals surface area contributed by atoms with E-state index in [1.807, 2.05) is 6.07 Å². The number of benzene rings is 1. The lowest BCUT2D eigenvalue weighted by atomic mass is 10.1. The molecule has 0 atom stereocenters. The normalized spacial score (nSPS) is 15.7. The minimum Gasteiger partial charge on any atom is -0.496 e. The second-order valence-corrected chi connectivity index (χ2v) is 5.13. The lowest BCUT2D eigenvalue weighted by Crippen LogP contribution is -2.40. The van der Waals surface area contributed by atoms with Crippen LogP contribution in [0.4, 0.5) is 0 Å². The van der Waals surface area contributed by atoms with Crippen LogP contribution in [0.3, 0.4) is 0 Å². The van der Waals surface area contributed by atoms with Crippen LogP contribution in [0.2, 0.25) is 0 Å². The van der Waals surface area contributed by atoms with Crippen LogP contribution in [-0.4, -0.2) is 36.8 Å². The molecule has 1 aliphatic rings. The van der Waals surface area contributed by atoms with E-state index in [0.717, 1.165) is 10.9 Å². The number of nitrogens with zero attached hydrogens (tertiary/aromatic N) is 1. The summed E-state index contributed by atoms with van der Waals surface area (Å²) in [6.45, 7) is 0.828. The van der Waals surface area contributed by atoms with Crippen molar-refractivity contribution in [1.29, 1.82) is 0 Å². The lowest BCUT2D eigenvalue weighted by Gasteiger charge is -2.26. The van der Waals surface area contributed by atoms with Crippen LogP contribution in [0, 0.1) is 0 Å². The molecular weight excluding hydrogens is 298 g/mol. The van der Waals surface area contributed by atoms with Gasteiger partial charge in [-0.1, -0.05) is 15.9 Å². The molecule has 2 rings (SSSR count). The summed E-state index contributed by atoms with van der Waals surface area (Å²) in [4.78, 5) is 25.3. The Morgan fingerprint density at radius 1 is 1.44 bits per heavy atom. The largest absolute Gasteiger partial charge is 0.496 e. The van der Waals surface area contributed by atoms with Gasteiger partial charge in [0.2, 0.25) is 0 Å². The zero-order valence-electron chi connectivity index (χ0n) is 10.1. The standard InChI is InChI=1S/C13H14BrNO3/c1-18-12-5-4-9(14)7-11(12)13(17)15-6-2-3-10(16)8-15/h4-5,7H,2-3,6,8H2,1H3. The van der Waals surface area contributed by atoms with Gasteiger partial charge in [-0.15, -0.1) is 0 Å². The fourth-order valence-corrected chi connectivity index (χ4v) is 2.39. The molecule has 4 nitrogen and oxygen atoms in total. The Balaban J connectivity index is 2.27. The van der Waals surface area contributed by atoms with Crippen LogP contribution in [0.5, 0.6) is 5.75 Å². The first-order valence-corrected chi connectivity index (χ1v) is 6.55. The second-order valence-electron chi connectivity index (χ2n) is 4.21. The third-order valence-electron chi connectivity index (χ3n) is 2.93. The number of amides is 1. The van der Waals surface area contributed by atoms with Gasteiger partial charge in [-0.3, -0.25) is 9.59 Å². The first-order valence-electron chi connectivity index (χ1n) is 5.76. The van der Waals surface area contributed by atoms with Gasteiger partial charge < -0.3 is 9.64 Å². The van der Waals surface area contributed by atoms with E-state index in [0.29, 0.717) is 24.3 Å². The van der Waals surface area contributed by atoms with Crippen molar-refractivity contribution in [1.82, 2.24) is 4.90 Å². The van der Waals surface area contributed by atoms with Gasteiger partial charge in [-0.05, 0) is 24.6 Å². The monoisotopic (exact) mass is 311 g/mol. The van der Waals surface area contributed by atoms with Crippen molar-refractivity contribution in [3.63, 3.8) is 0 Å². The lowest BCUT2D eigenvalue weighted by molar-refractivity contribution is -0.121. The van der Waals surface area contributed by atoms with E-state index < -0.39 is 0 Å². The molecule has 0 unspecified atom stereocenters. The molecule has 0 spiro atoms. The van der Waals surface area contributed by atoms with Crippen molar-refractivity contribution in [3.8, 4) is 5.75 Å². The SMILES string of the molecule is COc1ccc(Br)cc1C(=O)N1CCCC(=O)C1. The number of ketones is 1.